The quantitative estimate of drug-likeness (QED) is 0.889. The van der Waals surface area contributed by atoms with E-state index in [0.29, 0.717) is 5.56 Å². The van der Waals surface area contributed by atoms with Crippen LogP contribution in [0.1, 0.15) is 29.7 Å². The Bertz CT molecular complexity index is 526. The molecule has 1 N–H and O–H groups in total. The largest absolute Gasteiger partial charge is 0.306 e. The number of nitrogens with one attached hydrogen (secondary N) is 1. The van der Waals surface area contributed by atoms with Gasteiger partial charge in [-0.3, -0.25) is 4.98 Å². The second-order valence-corrected chi connectivity index (χ2v) is 4.20. The molecular weight excluding hydrogens is 222 g/mol. The number of aromatic nitrogens is 1. The first-order chi connectivity index (χ1) is 8.79. The van der Waals surface area contributed by atoms with Gasteiger partial charge in [0, 0.05) is 25.0 Å². The number of nitriles is 1. The molecule has 1 unspecified atom stereocenters. The fourth-order valence-electron chi connectivity index (χ4n) is 1.74. The van der Waals surface area contributed by atoms with Gasteiger partial charge in [-0.15, -0.1) is 0 Å². The van der Waals surface area contributed by atoms with Crippen LogP contribution in [-0.2, 0) is 6.54 Å². The molecule has 1 aromatic carbocycles. The SMILES string of the molecule is CC(NCc1cccnc1)c1ccc(C#N)cc1. The summed E-state index contributed by atoms with van der Waals surface area (Å²) in [4.78, 5) is 4.08. The Kier molecular flexibility index (Phi) is 4.06. The standard InChI is InChI=1S/C15H15N3/c1-12(15-6-4-13(9-16)5-7-15)18-11-14-3-2-8-17-10-14/h2-8,10,12,18H,11H2,1H3. The van der Waals surface area contributed by atoms with E-state index in [1.54, 1.807) is 6.20 Å². The highest BCUT2D eigenvalue weighted by molar-refractivity contribution is 5.32. The molecule has 0 aliphatic heterocycles. The van der Waals surface area contributed by atoms with E-state index in [4.69, 9.17) is 5.26 Å². The van der Waals surface area contributed by atoms with E-state index >= 15 is 0 Å². The van der Waals surface area contributed by atoms with Crippen LogP contribution in [0.3, 0.4) is 0 Å². The highest BCUT2D eigenvalue weighted by Crippen LogP contribution is 2.13. The van der Waals surface area contributed by atoms with E-state index in [1.165, 1.54) is 5.56 Å². The van der Waals surface area contributed by atoms with Gasteiger partial charge in [-0.1, -0.05) is 18.2 Å². The van der Waals surface area contributed by atoms with Crippen LogP contribution in [0.25, 0.3) is 0 Å². The summed E-state index contributed by atoms with van der Waals surface area (Å²) < 4.78 is 0. The van der Waals surface area contributed by atoms with Crippen molar-refractivity contribution in [2.45, 2.75) is 19.5 Å². The molecular formula is C15H15N3. The molecule has 0 aliphatic carbocycles. The summed E-state index contributed by atoms with van der Waals surface area (Å²) in [5.41, 5.74) is 3.04. The number of nitrogens with zero attached hydrogens (tertiary/aromatic N) is 2. The van der Waals surface area contributed by atoms with E-state index in [0.717, 1.165) is 12.1 Å². The van der Waals surface area contributed by atoms with Gasteiger partial charge >= 0.3 is 0 Å². The molecule has 0 amide bonds. The number of pyridine rings is 1. The average Bonchev–Trinajstić information content (AvgIpc) is 2.46. The van der Waals surface area contributed by atoms with Crippen LogP contribution in [0.15, 0.2) is 48.8 Å². The van der Waals surface area contributed by atoms with E-state index in [-0.39, 0.29) is 6.04 Å². The maximum Gasteiger partial charge on any atom is 0.0991 e. The Hall–Kier alpha value is -2.18. The van der Waals surface area contributed by atoms with Crippen LogP contribution in [-0.4, -0.2) is 4.98 Å². The summed E-state index contributed by atoms with van der Waals surface area (Å²) in [6.07, 6.45) is 3.63. The second-order valence-electron chi connectivity index (χ2n) is 4.20. The normalized spacial score (nSPS) is 11.8. The maximum atomic E-state index is 8.75. The van der Waals surface area contributed by atoms with Gasteiger partial charge in [0.05, 0.1) is 11.6 Å². The van der Waals surface area contributed by atoms with Crippen LogP contribution in [0.5, 0.6) is 0 Å². The van der Waals surface area contributed by atoms with Crippen molar-refractivity contribution < 1.29 is 0 Å². The summed E-state index contributed by atoms with van der Waals surface area (Å²) in [6.45, 7) is 2.90. The zero-order valence-electron chi connectivity index (χ0n) is 10.3. The molecule has 3 nitrogen and oxygen atoms in total. The van der Waals surface area contributed by atoms with E-state index < -0.39 is 0 Å². The van der Waals surface area contributed by atoms with Gasteiger partial charge in [-0.05, 0) is 36.2 Å². The van der Waals surface area contributed by atoms with Crippen LogP contribution in [0, 0.1) is 11.3 Å². The van der Waals surface area contributed by atoms with E-state index in [1.807, 2.05) is 42.6 Å². The third-order valence-electron chi connectivity index (χ3n) is 2.87. The lowest BCUT2D eigenvalue weighted by atomic mass is 10.1. The Labute approximate surface area is 107 Å². The maximum absolute atomic E-state index is 8.75. The van der Waals surface area contributed by atoms with Crippen molar-refractivity contribution in [2.75, 3.05) is 0 Å². The van der Waals surface area contributed by atoms with Crippen LogP contribution >= 0.6 is 0 Å². The molecule has 3 heteroatoms. The number of rotatable bonds is 4. The summed E-state index contributed by atoms with van der Waals surface area (Å²) in [7, 11) is 0. The second kappa shape index (κ2) is 5.95. The molecule has 0 spiro atoms. The van der Waals surface area contributed by atoms with Crippen molar-refractivity contribution in [1.29, 1.82) is 5.26 Å². The Morgan fingerprint density at radius 2 is 2.06 bits per heavy atom. The summed E-state index contributed by atoms with van der Waals surface area (Å²) >= 11 is 0. The lowest BCUT2D eigenvalue weighted by Gasteiger charge is -2.14. The molecule has 0 fully saturated rings. The van der Waals surface area contributed by atoms with Crippen LogP contribution in [0.2, 0.25) is 0 Å². The van der Waals surface area contributed by atoms with Gasteiger partial charge < -0.3 is 5.32 Å². The van der Waals surface area contributed by atoms with Gasteiger partial charge in [0.25, 0.3) is 0 Å². The Morgan fingerprint density at radius 1 is 1.28 bits per heavy atom. The number of benzene rings is 1. The Morgan fingerprint density at radius 3 is 2.67 bits per heavy atom. The molecule has 18 heavy (non-hydrogen) atoms. The van der Waals surface area contributed by atoms with Gasteiger partial charge in [0.1, 0.15) is 0 Å². The zero-order valence-corrected chi connectivity index (χ0v) is 10.3. The molecule has 2 rings (SSSR count). The fourth-order valence-corrected chi connectivity index (χ4v) is 1.74. The van der Waals surface area contributed by atoms with Crippen LogP contribution < -0.4 is 5.32 Å². The molecule has 1 atom stereocenters. The molecule has 0 aliphatic rings. The summed E-state index contributed by atoms with van der Waals surface area (Å²) in [6, 6.07) is 14.0. The van der Waals surface area contributed by atoms with Gasteiger partial charge in [-0.25, -0.2) is 0 Å². The molecule has 1 heterocycles. The molecule has 0 saturated heterocycles. The minimum absolute atomic E-state index is 0.248. The summed E-state index contributed by atoms with van der Waals surface area (Å²) in [5.74, 6) is 0. The van der Waals surface area contributed by atoms with Crippen molar-refractivity contribution in [2.24, 2.45) is 0 Å². The number of hydrogen-bond donors (Lipinski definition) is 1. The average molecular weight is 237 g/mol. The van der Waals surface area contributed by atoms with E-state index in [9.17, 15) is 0 Å². The zero-order chi connectivity index (χ0) is 12.8. The predicted molar refractivity (Wildman–Crippen MR) is 70.6 cm³/mol. The molecule has 0 bridgehead atoms. The highest BCUT2D eigenvalue weighted by atomic mass is 14.9. The van der Waals surface area contributed by atoms with Crippen molar-refractivity contribution in [1.82, 2.24) is 10.3 Å². The van der Waals surface area contributed by atoms with Gasteiger partial charge in [0.15, 0.2) is 0 Å². The fraction of sp³-hybridized carbons (Fsp3) is 0.200. The van der Waals surface area contributed by atoms with Crippen molar-refractivity contribution in [3.05, 3.63) is 65.5 Å². The molecule has 0 radical (unpaired) electrons. The van der Waals surface area contributed by atoms with Gasteiger partial charge in [0.2, 0.25) is 0 Å². The molecule has 0 saturated carbocycles. The Balaban J connectivity index is 1.95. The lowest BCUT2D eigenvalue weighted by molar-refractivity contribution is 0.574. The predicted octanol–water partition coefficient (Wildman–Crippen LogP) is 2.80. The molecule has 90 valence electrons. The lowest BCUT2D eigenvalue weighted by Crippen LogP contribution is -2.18. The summed E-state index contributed by atoms with van der Waals surface area (Å²) in [5, 5.41) is 12.2. The number of hydrogen-bond acceptors (Lipinski definition) is 3. The third kappa shape index (κ3) is 3.16. The van der Waals surface area contributed by atoms with Crippen molar-refractivity contribution >= 4 is 0 Å². The van der Waals surface area contributed by atoms with Crippen LogP contribution in [0.4, 0.5) is 0 Å². The first kappa shape index (κ1) is 12.3. The van der Waals surface area contributed by atoms with E-state index in [2.05, 4.69) is 23.3 Å². The first-order valence-electron chi connectivity index (χ1n) is 5.92. The minimum Gasteiger partial charge on any atom is -0.306 e. The highest BCUT2D eigenvalue weighted by Gasteiger charge is 2.04. The van der Waals surface area contributed by atoms with Crippen molar-refractivity contribution in [3.63, 3.8) is 0 Å². The first-order valence-corrected chi connectivity index (χ1v) is 5.92. The van der Waals surface area contributed by atoms with Gasteiger partial charge in [-0.2, -0.15) is 5.26 Å². The molecule has 1 aromatic heterocycles. The minimum atomic E-state index is 0.248. The molecule has 2 aromatic rings. The van der Waals surface area contributed by atoms with Crippen molar-refractivity contribution in [3.8, 4) is 6.07 Å². The third-order valence-corrected chi connectivity index (χ3v) is 2.87. The smallest absolute Gasteiger partial charge is 0.0991 e. The topological polar surface area (TPSA) is 48.7 Å². The monoisotopic (exact) mass is 237 g/mol.